The second kappa shape index (κ2) is 3.17. The number of hydrogen-bond donors (Lipinski definition) is 2. The molecule has 0 bridgehead atoms. The smallest absolute Gasteiger partial charge is 0.194 e. The number of hydroxylamine groups is 1. The summed E-state index contributed by atoms with van der Waals surface area (Å²) in [7, 11) is 0. The van der Waals surface area contributed by atoms with E-state index in [4.69, 9.17) is 5.21 Å². The van der Waals surface area contributed by atoms with Gasteiger partial charge >= 0.3 is 0 Å². The Morgan fingerprint density at radius 1 is 1.80 bits per heavy atom. The Bertz CT molecular complexity index is 174. The molecule has 0 fully saturated rings. The third-order valence-corrected chi connectivity index (χ3v) is 1.10. The minimum Gasteiger partial charge on any atom is -0.287 e. The number of H-pyrrole nitrogens is 1. The zero-order valence-corrected chi connectivity index (χ0v) is 5.78. The van der Waals surface area contributed by atoms with Crippen molar-refractivity contribution in [2.75, 3.05) is 11.6 Å². The Kier molecular flexibility index (Phi) is 2.22. The monoisotopic (exact) mass is 142 g/mol. The largest absolute Gasteiger partial charge is 0.287 e. The summed E-state index contributed by atoms with van der Waals surface area (Å²) in [6.45, 7) is 2.55. The highest BCUT2D eigenvalue weighted by atomic mass is 16.5. The highest BCUT2D eigenvalue weighted by Gasteiger charge is 2.01. The lowest BCUT2D eigenvalue weighted by molar-refractivity contribution is 0.251. The van der Waals surface area contributed by atoms with E-state index >= 15 is 0 Å². The number of aromatic amines is 1. The summed E-state index contributed by atoms with van der Waals surface area (Å²) >= 11 is 0. The second-order valence-electron chi connectivity index (χ2n) is 1.95. The molecular formula is C5H10N4O. The number of rotatable bonds is 3. The zero-order chi connectivity index (χ0) is 7.40. The summed E-state index contributed by atoms with van der Waals surface area (Å²) in [6, 6.07) is 0. The van der Waals surface area contributed by atoms with E-state index in [1.807, 2.05) is 6.92 Å². The minimum atomic E-state index is 0.460. The molecule has 0 radical (unpaired) electrons. The van der Waals surface area contributed by atoms with Gasteiger partial charge in [0.15, 0.2) is 5.82 Å². The fraction of sp³-hybridized carbons (Fsp3) is 0.600. The number of anilines is 1. The van der Waals surface area contributed by atoms with Gasteiger partial charge in [-0.05, 0) is 6.42 Å². The Balaban J connectivity index is 2.50. The molecule has 1 aromatic heterocycles. The molecule has 0 aliphatic carbocycles. The Morgan fingerprint density at radius 3 is 3.10 bits per heavy atom. The van der Waals surface area contributed by atoms with Crippen molar-refractivity contribution in [3.05, 3.63) is 6.20 Å². The zero-order valence-electron chi connectivity index (χ0n) is 5.78. The molecule has 0 aliphatic heterocycles. The van der Waals surface area contributed by atoms with Crippen LogP contribution in [-0.2, 0) is 0 Å². The van der Waals surface area contributed by atoms with Gasteiger partial charge in [0, 0.05) is 6.54 Å². The van der Waals surface area contributed by atoms with Gasteiger partial charge in [0.2, 0.25) is 0 Å². The molecule has 0 saturated carbocycles. The van der Waals surface area contributed by atoms with Crippen molar-refractivity contribution in [2.24, 2.45) is 0 Å². The van der Waals surface area contributed by atoms with Crippen LogP contribution in [0.15, 0.2) is 6.20 Å². The summed E-state index contributed by atoms with van der Waals surface area (Å²) in [5, 5.41) is 19.8. The summed E-state index contributed by atoms with van der Waals surface area (Å²) in [4.78, 5) is 0. The minimum absolute atomic E-state index is 0.460. The van der Waals surface area contributed by atoms with Crippen molar-refractivity contribution < 1.29 is 5.21 Å². The van der Waals surface area contributed by atoms with Gasteiger partial charge in [-0.25, -0.2) is 5.06 Å². The molecule has 1 heterocycles. The van der Waals surface area contributed by atoms with Gasteiger partial charge in [-0.15, -0.1) is 5.10 Å². The molecule has 0 aromatic carbocycles. The SMILES string of the molecule is CCCN(O)c1cn[nH]n1. The molecule has 0 aliphatic rings. The molecule has 1 aromatic rings. The van der Waals surface area contributed by atoms with E-state index < -0.39 is 0 Å². The van der Waals surface area contributed by atoms with Crippen LogP contribution in [0.3, 0.4) is 0 Å². The first-order chi connectivity index (χ1) is 4.84. The van der Waals surface area contributed by atoms with Crippen LogP contribution in [-0.4, -0.2) is 27.2 Å². The van der Waals surface area contributed by atoms with Crippen LogP contribution in [0.4, 0.5) is 5.82 Å². The normalized spacial score (nSPS) is 9.80. The van der Waals surface area contributed by atoms with Crippen molar-refractivity contribution >= 4 is 5.82 Å². The van der Waals surface area contributed by atoms with E-state index in [0.717, 1.165) is 11.5 Å². The fourth-order valence-electron chi connectivity index (χ4n) is 0.646. The highest BCUT2D eigenvalue weighted by molar-refractivity contribution is 5.28. The van der Waals surface area contributed by atoms with Crippen LogP contribution in [0.5, 0.6) is 0 Å². The average molecular weight is 142 g/mol. The van der Waals surface area contributed by atoms with Gasteiger partial charge in [-0.2, -0.15) is 10.3 Å². The van der Waals surface area contributed by atoms with Gasteiger partial charge in [0.25, 0.3) is 0 Å². The van der Waals surface area contributed by atoms with Crippen LogP contribution >= 0.6 is 0 Å². The summed E-state index contributed by atoms with van der Waals surface area (Å²) < 4.78 is 0. The first kappa shape index (κ1) is 7.01. The highest BCUT2D eigenvalue weighted by Crippen LogP contribution is 2.02. The fourth-order valence-corrected chi connectivity index (χ4v) is 0.646. The van der Waals surface area contributed by atoms with E-state index in [0.29, 0.717) is 12.4 Å². The molecule has 0 unspecified atom stereocenters. The van der Waals surface area contributed by atoms with Crippen molar-refractivity contribution in [3.8, 4) is 0 Å². The van der Waals surface area contributed by atoms with Gasteiger partial charge < -0.3 is 0 Å². The topological polar surface area (TPSA) is 65.0 Å². The maximum absolute atomic E-state index is 9.12. The first-order valence-corrected chi connectivity index (χ1v) is 3.16. The molecule has 0 atom stereocenters. The predicted octanol–water partition coefficient (Wildman–Crippen LogP) is 0.410. The maximum Gasteiger partial charge on any atom is 0.194 e. The van der Waals surface area contributed by atoms with Crippen LogP contribution in [0.2, 0.25) is 0 Å². The maximum atomic E-state index is 9.12. The molecule has 5 nitrogen and oxygen atoms in total. The number of nitrogens with zero attached hydrogens (tertiary/aromatic N) is 3. The number of aromatic nitrogens is 3. The van der Waals surface area contributed by atoms with E-state index in [1.54, 1.807) is 0 Å². The molecule has 0 saturated heterocycles. The van der Waals surface area contributed by atoms with Crippen LogP contribution in [0.1, 0.15) is 13.3 Å². The molecule has 0 spiro atoms. The van der Waals surface area contributed by atoms with Crippen molar-refractivity contribution in [1.82, 2.24) is 15.4 Å². The molecule has 5 heteroatoms. The Hall–Kier alpha value is -1.10. The molecule has 2 N–H and O–H groups in total. The van der Waals surface area contributed by atoms with Crippen LogP contribution in [0, 0.1) is 0 Å². The summed E-state index contributed by atoms with van der Waals surface area (Å²) in [6.07, 6.45) is 2.35. The Morgan fingerprint density at radius 2 is 2.60 bits per heavy atom. The lowest BCUT2D eigenvalue weighted by Crippen LogP contribution is -2.18. The van der Waals surface area contributed by atoms with Gasteiger partial charge in [0.1, 0.15) is 0 Å². The van der Waals surface area contributed by atoms with Crippen molar-refractivity contribution in [3.63, 3.8) is 0 Å². The van der Waals surface area contributed by atoms with Gasteiger partial charge in [0.05, 0.1) is 6.20 Å². The van der Waals surface area contributed by atoms with Crippen LogP contribution < -0.4 is 5.06 Å². The standard InChI is InChI=1S/C5H10N4O/c1-2-3-9(10)5-4-6-8-7-5/h4,10H,2-3H2,1H3,(H,6,7,8). The third-order valence-electron chi connectivity index (χ3n) is 1.10. The average Bonchev–Trinajstić information content (AvgIpc) is 2.38. The summed E-state index contributed by atoms with van der Waals surface area (Å²) in [5.74, 6) is 0.460. The molecule has 0 amide bonds. The van der Waals surface area contributed by atoms with E-state index in [9.17, 15) is 0 Å². The molecule has 56 valence electrons. The van der Waals surface area contributed by atoms with E-state index in [-0.39, 0.29) is 0 Å². The lowest BCUT2D eigenvalue weighted by atomic mass is 10.5. The number of nitrogens with one attached hydrogen (secondary N) is 1. The lowest BCUT2D eigenvalue weighted by Gasteiger charge is -2.09. The molecule has 1 rings (SSSR count). The van der Waals surface area contributed by atoms with Gasteiger partial charge in [-0.1, -0.05) is 6.92 Å². The molecular weight excluding hydrogens is 132 g/mol. The third kappa shape index (κ3) is 1.44. The van der Waals surface area contributed by atoms with Crippen molar-refractivity contribution in [2.45, 2.75) is 13.3 Å². The van der Waals surface area contributed by atoms with Crippen molar-refractivity contribution in [1.29, 1.82) is 0 Å². The predicted molar refractivity (Wildman–Crippen MR) is 35.8 cm³/mol. The van der Waals surface area contributed by atoms with E-state index in [1.165, 1.54) is 6.20 Å². The van der Waals surface area contributed by atoms with E-state index in [2.05, 4.69) is 15.4 Å². The quantitative estimate of drug-likeness (QED) is 0.600. The van der Waals surface area contributed by atoms with Crippen LogP contribution in [0.25, 0.3) is 0 Å². The second-order valence-corrected chi connectivity index (χ2v) is 1.95. The van der Waals surface area contributed by atoms with Gasteiger partial charge in [-0.3, -0.25) is 5.21 Å². The number of hydrogen-bond acceptors (Lipinski definition) is 4. The molecule has 10 heavy (non-hydrogen) atoms. The Labute approximate surface area is 58.6 Å². The summed E-state index contributed by atoms with van der Waals surface area (Å²) in [5.41, 5.74) is 0. The first-order valence-electron chi connectivity index (χ1n) is 3.16.